The second-order valence-corrected chi connectivity index (χ2v) is 6.08. The zero-order valence-corrected chi connectivity index (χ0v) is 15.3. The second kappa shape index (κ2) is 10.8. The highest BCUT2D eigenvalue weighted by Crippen LogP contribution is 2.28. The van der Waals surface area contributed by atoms with Crippen LogP contribution in [0.15, 0.2) is 23.2 Å². The van der Waals surface area contributed by atoms with Crippen LogP contribution in [0.2, 0.25) is 0 Å². The predicted octanol–water partition coefficient (Wildman–Crippen LogP) is 2.78. The van der Waals surface area contributed by atoms with E-state index < -0.39 is 6.61 Å². The van der Waals surface area contributed by atoms with Crippen LogP contribution in [0.4, 0.5) is 8.78 Å². The number of rotatable bonds is 11. The molecule has 0 atom stereocenters. The van der Waals surface area contributed by atoms with Crippen molar-refractivity contribution in [2.45, 2.75) is 32.4 Å². The Kier molecular flexibility index (Phi) is 8.40. The van der Waals surface area contributed by atoms with Gasteiger partial charge in [-0.2, -0.15) is 8.78 Å². The molecule has 26 heavy (non-hydrogen) atoms. The zero-order chi connectivity index (χ0) is 18.8. The zero-order valence-electron chi connectivity index (χ0n) is 15.3. The molecule has 0 amide bonds. The van der Waals surface area contributed by atoms with Gasteiger partial charge in [-0.1, -0.05) is 0 Å². The number of halogens is 2. The smallest absolute Gasteiger partial charge is 0.387 e. The molecule has 2 rings (SSSR count). The minimum absolute atomic E-state index is 0.109. The third kappa shape index (κ3) is 7.43. The van der Waals surface area contributed by atoms with E-state index in [9.17, 15) is 8.78 Å². The number of benzene rings is 1. The fraction of sp³-hybridized carbons (Fsp3) is 0.611. The van der Waals surface area contributed by atoms with Crippen molar-refractivity contribution >= 4 is 5.96 Å². The van der Waals surface area contributed by atoms with Gasteiger partial charge in [-0.05, 0) is 43.4 Å². The van der Waals surface area contributed by atoms with Crippen LogP contribution in [-0.2, 0) is 11.3 Å². The van der Waals surface area contributed by atoms with Gasteiger partial charge in [0.25, 0.3) is 0 Å². The molecule has 0 unspecified atom stereocenters. The van der Waals surface area contributed by atoms with E-state index in [1.807, 2.05) is 0 Å². The molecule has 0 heterocycles. The minimum Gasteiger partial charge on any atom is -0.497 e. The summed E-state index contributed by atoms with van der Waals surface area (Å²) in [6.07, 6.45) is 3.44. The lowest BCUT2D eigenvalue weighted by Gasteiger charge is -2.15. The lowest BCUT2D eigenvalue weighted by atomic mass is 10.2. The molecule has 0 bridgehead atoms. The summed E-state index contributed by atoms with van der Waals surface area (Å²) in [5.74, 6) is 2.03. The number of methoxy groups -OCH3 is 1. The molecule has 0 radical (unpaired) electrons. The first-order valence-corrected chi connectivity index (χ1v) is 8.76. The highest BCUT2D eigenvalue weighted by Gasteiger charge is 2.20. The van der Waals surface area contributed by atoms with Gasteiger partial charge in [0.15, 0.2) is 5.96 Å². The van der Waals surface area contributed by atoms with Crippen LogP contribution < -0.4 is 20.1 Å². The molecule has 146 valence electrons. The quantitative estimate of drug-likeness (QED) is 0.356. The fourth-order valence-corrected chi connectivity index (χ4v) is 2.35. The van der Waals surface area contributed by atoms with Crippen molar-refractivity contribution in [1.82, 2.24) is 10.6 Å². The monoisotopic (exact) mass is 371 g/mol. The molecule has 1 saturated carbocycles. The van der Waals surface area contributed by atoms with Crippen LogP contribution >= 0.6 is 0 Å². The lowest BCUT2D eigenvalue weighted by molar-refractivity contribution is -0.0504. The van der Waals surface area contributed by atoms with Crippen LogP contribution in [0.5, 0.6) is 11.5 Å². The van der Waals surface area contributed by atoms with Gasteiger partial charge in [-0.15, -0.1) is 0 Å². The van der Waals surface area contributed by atoms with Gasteiger partial charge in [-0.25, -0.2) is 0 Å². The van der Waals surface area contributed by atoms with E-state index in [2.05, 4.69) is 20.4 Å². The average Bonchev–Trinajstić information content (AvgIpc) is 3.45. The van der Waals surface area contributed by atoms with E-state index in [1.54, 1.807) is 19.2 Å². The second-order valence-electron chi connectivity index (χ2n) is 6.08. The van der Waals surface area contributed by atoms with E-state index in [4.69, 9.17) is 9.47 Å². The maximum Gasteiger partial charge on any atom is 0.387 e. The molecule has 1 aromatic carbocycles. The van der Waals surface area contributed by atoms with Crippen molar-refractivity contribution in [3.05, 3.63) is 23.8 Å². The topological polar surface area (TPSA) is 64.1 Å². The Labute approximate surface area is 152 Å². The molecule has 1 aliphatic carbocycles. The van der Waals surface area contributed by atoms with Crippen LogP contribution in [0.1, 0.15) is 24.8 Å². The van der Waals surface area contributed by atoms with Crippen LogP contribution in [0.25, 0.3) is 0 Å². The Bertz CT molecular complexity index is 581. The van der Waals surface area contributed by atoms with E-state index in [-0.39, 0.29) is 12.3 Å². The molecule has 6 nitrogen and oxygen atoms in total. The largest absolute Gasteiger partial charge is 0.497 e. The summed E-state index contributed by atoms with van der Waals surface area (Å²) in [7, 11) is 3.17. The molecule has 0 spiro atoms. The molecular weight excluding hydrogens is 344 g/mol. The Hall–Kier alpha value is -2.09. The van der Waals surface area contributed by atoms with Crippen molar-refractivity contribution in [2.75, 3.05) is 33.9 Å². The van der Waals surface area contributed by atoms with Gasteiger partial charge in [0.05, 0.1) is 7.11 Å². The van der Waals surface area contributed by atoms with Crippen molar-refractivity contribution in [3.8, 4) is 11.5 Å². The highest BCUT2D eigenvalue weighted by molar-refractivity contribution is 5.79. The van der Waals surface area contributed by atoms with Gasteiger partial charge in [0, 0.05) is 38.9 Å². The highest BCUT2D eigenvalue weighted by atomic mass is 19.3. The molecule has 0 saturated heterocycles. The van der Waals surface area contributed by atoms with E-state index in [1.165, 1.54) is 26.0 Å². The molecule has 1 aromatic rings. The normalized spacial score (nSPS) is 14.4. The standard InChI is InChI=1S/C18H27F2N3O3/c1-21-18(22-8-3-9-25-12-13-4-5-13)23-11-14-10-15(24-2)6-7-16(14)26-17(19)20/h6-7,10,13,17H,3-5,8-9,11-12H2,1-2H3,(H2,21,22,23). The third-order valence-electron chi connectivity index (χ3n) is 3.96. The number of alkyl halides is 2. The van der Waals surface area contributed by atoms with E-state index in [0.29, 0.717) is 30.4 Å². The van der Waals surface area contributed by atoms with Gasteiger partial charge in [-0.3, -0.25) is 4.99 Å². The summed E-state index contributed by atoms with van der Waals surface area (Å²) >= 11 is 0. The van der Waals surface area contributed by atoms with Crippen LogP contribution in [0, 0.1) is 5.92 Å². The van der Waals surface area contributed by atoms with Crippen LogP contribution in [-0.4, -0.2) is 46.5 Å². The summed E-state index contributed by atoms with van der Waals surface area (Å²) in [5, 5.41) is 6.26. The lowest BCUT2D eigenvalue weighted by Crippen LogP contribution is -2.37. The Morgan fingerprint density at radius 2 is 2.12 bits per heavy atom. The summed E-state index contributed by atoms with van der Waals surface area (Å²) < 4.78 is 40.4. The predicted molar refractivity (Wildman–Crippen MR) is 96.0 cm³/mol. The van der Waals surface area contributed by atoms with Crippen molar-refractivity contribution in [1.29, 1.82) is 0 Å². The minimum atomic E-state index is -2.88. The summed E-state index contributed by atoms with van der Waals surface area (Å²) in [5.41, 5.74) is 0.556. The molecule has 0 aliphatic heterocycles. The maximum atomic E-state index is 12.5. The Morgan fingerprint density at radius 1 is 1.31 bits per heavy atom. The van der Waals surface area contributed by atoms with Crippen molar-refractivity contribution < 1.29 is 23.0 Å². The molecular formula is C18H27F2N3O3. The number of ether oxygens (including phenoxy) is 3. The fourth-order valence-electron chi connectivity index (χ4n) is 2.35. The van der Waals surface area contributed by atoms with Gasteiger partial charge >= 0.3 is 6.61 Å². The molecule has 8 heteroatoms. The van der Waals surface area contributed by atoms with Gasteiger partial charge < -0.3 is 24.8 Å². The average molecular weight is 371 g/mol. The third-order valence-corrected chi connectivity index (χ3v) is 3.96. The van der Waals surface area contributed by atoms with Gasteiger partial charge in [0.2, 0.25) is 0 Å². The first-order chi connectivity index (χ1) is 12.6. The number of guanidine groups is 1. The molecule has 2 N–H and O–H groups in total. The van der Waals surface area contributed by atoms with Gasteiger partial charge in [0.1, 0.15) is 11.5 Å². The number of hydrogen-bond acceptors (Lipinski definition) is 4. The van der Waals surface area contributed by atoms with E-state index in [0.717, 1.165) is 18.9 Å². The maximum absolute atomic E-state index is 12.5. The molecule has 1 fully saturated rings. The first-order valence-electron chi connectivity index (χ1n) is 8.76. The molecule has 0 aromatic heterocycles. The van der Waals surface area contributed by atoms with Crippen molar-refractivity contribution in [3.63, 3.8) is 0 Å². The van der Waals surface area contributed by atoms with E-state index >= 15 is 0 Å². The Morgan fingerprint density at radius 3 is 2.77 bits per heavy atom. The summed E-state index contributed by atoms with van der Waals surface area (Å²) in [6.45, 7) is -0.325. The number of aliphatic imine (C=N–C) groups is 1. The van der Waals surface area contributed by atoms with Crippen LogP contribution in [0.3, 0.4) is 0 Å². The number of nitrogens with one attached hydrogen (secondary N) is 2. The SMILES string of the molecule is CN=C(NCCCOCC1CC1)NCc1cc(OC)ccc1OC(F)F. The van der Waals surface area contributed by atoms with Crippen molar-refractivity contribution in [2.24, 2.45) is 10.9 Å². The molecule has 1 aliphatic rings. The summed E-state index contributed by atoms with van der Waals surface area (Å²) in [6, 6.07) is 4.70. The first kappa shape index (κ1) is 20.2. The summed E-state index contributed by atoms with van der Waals surface area (Å²) in [4.78, 5) is 4.13. The number of hydrogen-bond donors (Lipinski definition) is 2. The Balaban J connectivity index is 1.76. The number of nitrogens with zero attached hydrogens (tertiary/aromatic N) is 1.